The molecule has 1 saturated heterocycles. The summed E-state index contributed by atoms with van der Waals surface area (Å²) in [6, 6.07) is 0.551. The van der Waals surface area contributed by atoms with Crippen molar-refractivity contribution in [3.63, 3.8) is 0 Å². The molecule has 0 aromatic heterocycles. The maximum Gasteiger partial charge on any atom is 0.133 e. The largest absolute Gasteiger partial charge is 0.377 e. The first-order valence-corrected chi connectivity index (χ1v) is 6.06. The highest BCUT2D eigenvalue weighted by Crippen LogP contribution is 2.26. The normalized spacial score (nSPS) is 33.5. The zero-order valence-corrected chi connectivity index (χ0v) is 10.1. The molecule has 2 unspecified atom stereocenters. The molecule has 1 saturated carbocycles. The molecule has 0 radical (unpaired) electrons. The predicted molar refractivity (Wildman–Crippen MR) is 60.4 cm³/mol. The Morgan fingerprint density at radius 3 is 2.00 bits per heavy atom. The average Bonchev–Trinajstić information content (AvgIpc) is 2.73. The van der Waals surface area contributed by atoms with E-state index >= 15 is 0 Å². The molecule has 2 fully saturated rings. The van der Waals surface area contributed by atoms with Crippen molar-refractivity contribution in [3.8, 4) is 0 Å². The van der Waals surface area contributed by atoms with Gasteiger partial charge in [-0.3, -0.25) is 9.69 Å². The van der Waals surface area contributed by atoms with Gasteiger partial charge in [0.05, 0.1) is 12.2 Å². The van der Waals surface area contributed by atoms with Crippen LogP contribution in [0, 0.1) is 0 Å². The second-order valence-electron chi connectivity index (χ2n) is 4.77. The lowest BCUT2D eigenvalue weighted by molar-refractivity contribution is -0.121. The number of carbonyl (C=O) groups excluding carboxylic acids is 1. The Bertz CT molecular complexity index is 235. The highest BCUT2D eigenvalue weighted by Gasteiger charge is 2.37. The topological polar surface area (TPSA) is 38.8 Å². The Hall–Kier alpha value is -0.450. The Balaban J connectivity index is 1.89. The Morgan fingerprint density at radius 1 is 1.06 bits per heavy atom. The van der Waals surface area contributed by atoms with Gasteiger partial charge in [0, 0.05) is 46.2 Å². The number of likely N-dealkylation sites (tertiary alicyclic amines) is 1. The zero-order valence-electron chi connectivity index (χ0n) is 10.1. The second-order valence-corrected chi connectivity index (χ2v) is 4.77. The van der Waals surface area contributed by atoms with Gasteiger partial charge in [0.15, 0.2) is 0 Å². The van der Waals surface area contributed by atoms with E-state index in [1.54, 1.807) is 14.2 Å². The number of hydrogen-bond acceptors (Lipinski definition) is 4. The minimum Gasteiger partial charge on any atom is -0.377 e. The van der Waals surface area contributed by atoms with Crippen LogP contribution in [-0.4, -0.2) is 56.2 Å². The summed E-state index contributed by atoms with van der Waals surface area (Å²) >= 11 is 0. The van der Waals surface area contributed by atoms with E-state index in [4.69, 9.17) is 9.47 Å². The van der Waals surface area contributed by atoms with E-state index in [9.17, 15) is 4.79 Å². The Labute approximate surface area is 96.9 Å². The molecular weight excluding hydrogens is 206 g/mol. The third-order valence-corrected chi connectivity index (χ3v) is 3.88. The highest BCUT2D eigenvalue weighted by atomic mass is 16.5. The first kappa shape index (κ1) is 12.0. The molecule has 1 aliphatic heterocycles. The van der Waals surface area contributed by atoms with Gasteiger partial charge in [-0.05, 0) is 12.8 Å². The van der Waals surface area contributed by atoms with Crippen molar-refractivity contribution in [1.29, 1.82) is 0 Å². The lowest BCUT2D eigenvalue weighted by Gasteiger charge is -2.30. The molecule has 0 N–H and O–H groups in total. The van der Waals surface area contributed by atoms with Gasteiger partial charge in [-0.25, -0.2) is 0 Å². The molecule has 2 aliphatic rings. The van der Waals surface area contributed by atoms with Crippen molar-refractivity contribution in [2.45, 2.75) is 43.9 Å². The number of methoxy groups -OCH3 is 2. The van der Waals surface area contributed by atoms with Crippen LogP contribution < -0.4 is 0 Å². The molecule has 92 valence electrons. The van der Waals surface area contributed by atoms with Crippen LogP contribution in [0.15, 0.2) is 0 Å². The van der Waals surface area contributed by atoms with E-state index < -0.39 is 0 Å². The molecule has 2 rings (SSSR count). The number of Topliss-reactive ketones (excluding diaryl/α,β-unsaturated/α-hetero) is 1. The summed E-state index contributed by atoms with van der Waals surface area (Å²) < 4.78 is 10.8. The minimum atomic E-state index is 0.183. The molecule has 0 aromatic carbocycles. The number of ketones is 1. The molecule has 4 nitrogen and oxygen atoms in total. The van der Waals surface area contributed by atoms with Crippen LogP contribution >= 0.6 is 0 Å². The van der Waals surface area contributed by atoms with Crippen LogP contribution in [0.5, 0.6) is 0 Å². The van der Waals surface area contributed by atoms with E-state index in [0.717, 1.165) is 38.8 Å². The van der Waals surface area contributed by atoms with Crippen molar-refractivity contribution in [2.24, 2.45) is 0 Å². The van der Waals surface area contributed by atoms with Gasteiger partial charge >= 0.3 is 0 Å². The smallest absolute Gasteiger partial charge is 0.133 e. The summed E-state index contributed by atoms with van der Waals surface area (Å²) in [5.41, 5.74) is 0. The van der Waals surface area contributed by atoms with Crippen LogP contribution in [0.4, 0.5) is 0 Å². The number of hydrogen-bond donors (Lipinski definition) is 0. The fourth-order valence-corrected chi connectivity index (χ4v) is 2.81. The quantitative estimate of drug-likeness (QED) is 0.716. The van der Waals surface area contributed by atoms with Crippen molar-refractivity contribution < 1.29 is 14.3 Å². The standard InChI is InChI=1S/C12H21NO3/c1-15-11-7-13(8-12(11)16-2)9-3-5-10(14)6-4-9/h9,11-12H,3-8H2,1-2H3. The number of carbonyl (C=O) groups is 1. The van der Waals surface area contributed by atoms with Crippen LogP contribution in [0.2, 0.25) is 0 Å². The van der Waals surface area contributed by atoms with Gasteiger partial charge in [0.1, 0.15) is 5.78 Å². The van der Waals surface area contributed by atoms with Crippen LogP contribution in [0.1, 0.15) is 25.7 Å². The van der Waals surface area contributed by atoms with E-state index in [0.29, 0.717) is 11.8 Å². The second kappa shape index (κ2) is 5.25. The lowest BCUT2D eigenvalue weighted by Crippen LogP contribution is -2.37. The molecule has 1 aliphatic carbocycles. The number of ether oxygens (including phenoxy) is 2. The van der Waals surface area contributed by atoms with Crippen molar-refractivity contribution in [3.05, 3.63) is 0 Å². The van der Waals surface area contributed by atoms with Crippen LogP contribution in [0.25, 0.3) is 0 Å². The molecular formula is C12H21NO3. The summed E-state index contributed by atoms with van der Waals surface area (Å²) in [7, 11) is 3.48. The molecule has 1 heterocycles. The molecule has 0 aromatic rings. The van der Waals surface area contributed by atoms with E-state index in [1.165, 1.54) is 0 Å². The third-order valence-electron chi connectivity index (χ3n) is 3.88. The van der Waals surface area contributed by atoms with Gasteiger partial charge < -0.3 is 9.47 Å². The molecule has 16 heavy (non-hydrogen) atoms. The lowest BCUT2D eigenvalue weighted by atomic mass is 9.93. The summed E-state index contributed by atoms with van der Waals surface area (Å²) in [6.07, 6.45) is 3.87. The van der Waals surface area contributed by atoms with Gasteiger partial charge in [-0.15, -0.1) is 0 Å². The van der Waals surface area contributed by atoms with Gasteiger partial charge in [0.25, 0.3) is 0 Å². The van der Waals surface area contributed by atoms with Crippen molar-refractivity contribution in [2.75, 3.05) is 27.3 Å². The van der Waals surface area contributed by atoms with E-state index in [-0.39, 0.29) is 12.2 Å². The fourth-order valence-electron chi connectivity index (χ4n) is 2.81. The van der Waals surface area contributed by atoms with Crippen LogP contribution in [-0.2, 0) is 14.3 Å². The molecule has 2 atom stereocenters. The fraction of sp³-hybridized carbons (Fsp3) is 0.917. The Morgan fingerprint density at radius 2 is 1.56 bits per heavy atom. The highest BCUT2D eigenvalue weighted by molar-refractivity contribution is 5.79. The monoisotopic (exact) mass is 227 g/mol. The number of rotatable bonds is 3. The molecule has 0 bridgehead atoms. The minimum absolute atomic E-state index is 0.183. The first-order valence-electron chi connectivity index (χ1n) is 6.06. The predicted octanol–water partition coefficient (Wildman–Crippen LogP) is 0.844. The van der Waals surface area contributed by atoms with Crippen molar-refractivity contribution in [1.82, 2.24) is 4.90 Å². The third kappa shape index (κ3) is 2.44. The van der Waals surface area contributed by atoms with Gasteiger partial charge in [-0.2, -0.15) is 0 Å². The molecule has 0 spiro atoms. The number of nitrogens with zero attached hydrogens (tertiary/aromatic N) is 1. The summed E-state index contributed by atoms with van der Waals surface area (Å²) in [6.45, 7) is 1.88. The average molecular weight is 227 g/mol. The van der Waals surface area contributed by atoms with Gasteiger partial charge in [-0.1, -0.05) is 0 Å². The van der Waals surface area contributed by atoms with Crippen molar-refractivity contribution >= 4 is 5.78 Å². The summed E-state index contributed by atoms with van der Waals surface area (Å²) in [5.74, 6) is 0.419. The van der Waals surface area contributed by atoms with E-state index in [2.05, 4.69) is 4.90 Å². The maximum absolute atomic E-state index is 11.2. The zero-order chi connectivity index (χ0) is 11.5. The van der Waals surface area contributed by atoms with E-state index in [1.807, 2.05) is 0 Å². The maximum atomic E-state index is 11.2. The van der Waals surface area contributed by atoms with Crippen LogP contribution in [0.3, 0.4) is 0 Å². The Kier molecular flexibility index (Phi) is 3.95. The summed E-state index contributed by atoms with van der Waals surface area (Å²) in [4.78, 5) is 13.6. The van der Waals surface area contributed by atoms with Gasteiger partial charge in [0.2, 0.25) is 0 Å². The SMILES string of the molecule is COC1CN(C2CCC(=O)CC2)CC1OC. The molecule has 0 amide bonds. The summed E-state index contributed by atoms with van der Waals surface area (Å²) in [5, 5.41) is 0. The molecule has 4 heteroatoms. The first-order chi connectivity index (χ1) is 7.74.